The van der Waals surface area contributed by atoms with Gasteiger partial charge in [0.05, 0.1) is 65.6 Å². The van der Waals surface area contributed by atoms with E-state index in [4.69, 9.17) is 32.7 Å². The lowest BCUT2D eigenvalue weighted by molar-refractivity contribution is -0.138. The number of hydrogen-bond acceptors (Lipinski definition) is 11. The Kier molecular flexibility index (Phi) is 19.0. The number of halogens is 7. The average Bonchev–Trinajstić information content (AvgIpc) is 2.52. The largest absolute Gasteiger partial charge is 0.495 e. The van der Waals surface area contributed by atoms with Gasteiger partial charge in [-0.3, -0.25) is 24.0 Å². The number of piperazine rings is 1. The molecule has 0 aliphatic carbocycles. The van der Waals surface area contributed by atoms with Crippen molar-refractivity contribution in [3.63, 3.8) is 0 Å². The van der Waals surface area contributed by atoms with Gasteiger partial charge < -0.3 is 50.8 Å². The molecule has 2 saturated heterocycles. The molecule has 4 amide bonds. The van der Waals surface area contributed by atoms with Gasteiger partial charge in [0, 0.05) is 85.2 Å². The summed E-state index contributed by atoms with van der Waals surface area (Å²) in [5.74, 6) is -5.56. The third-order valence-corrected chi connectivity index (χ3v) is 15.1. The molecule has 436 valence electrons. The van der Waals surface area contributed by atoms with Gasteiger partial charge in [0.15, 0.2) is 0 Å². The van der Waals surface area contributed by atoms with Gasteiger partial charge in [-0.15, -0.1) is 0 Å². The molecular weight excluding hydrogens is 1120 g/mol. The van der Waals surface area contributed by atoms with Crippen LogP contribution in [-0.4, -0.2) is 112 Å². The number of methoxy groups -OCH3 is 1. The third kappa shape index (κ3) is 14.0. The van der Waals surface area contributed by atoms with Crippen molar-refractivity contribution in [2.45, 2.75) is 56.8 Å². The first-order chi connectivity index (χ1) is 39.4. The number of pyridine rings is 1. The van der Waals surface area contributed by atoms with E-state index in [1.807, 2.05) is 38.8 Å². The maximum Gasteiger partial charge on any atom is 0.417 e. The van der Waals surface area contributed by atoms with Crippen LogP contribution in [0.3, 0.4) is 0 Å². The molecule has 2 aliphatic heterocycles. The lowest BCUT2D eigenvalue weighted by Gasteiger charge is -2.37. The second-order valence-corrected chi connectivity index (χ2v) is 22.2. The summed E-state index contributed by atoms with van der Waals surface area (Å²) in [6, 6.07) is 24.7. The SMILES string of the molecule is COc1cc(C(=O)NCCOCCNC(=O)c2ccc(-c3ccc(N4CCN(C)CC4)c(NC(=O)c4c[nH]c(=O)cc4C(F)(F)F)c3)cc2)ccc1NC(=O)C1NC(CC(C)(C)C)C(C#N)(c2ccc(Cl)cc2F)C1c1cccc(Cl)c1F. The molecule has 5 aromatic carbocycles. The van der Waals surface area contributed by atoms with E-state index in [1.54, 1.807) is 36.4 Å². The molecule has 0 radical (unpaired) electrons. The normalized spacial score (nSPS) is 18.3. The van der Waals surface area contributed by atoms with Crippen molar-refractivity contribution in [3.8, 4) is 22.9 Å². The van der Waals surface area contributed by atoms with Crippen LogP contribution in [0, 0.1) is 28.4 Å². The molecule has 2 aliphatic rings. The van der Waals surface area contributed by atoms with Gasteiger partial charge in [0.25, 0.3) is 17.7 Å². The Morgan fingerprint density at radius 3 is 2.10 bits per heavy atom. The predicted molar refractivity (Wildman–Crippen MR) is 306 cm³/mol. The number of anilines is 3. The van der Waals surface area contributed by atoms with Crippen LogP contribution in [0.2, 0.25) is 10.0 Å². The highest BCUT2D eigenvalue weighted by Crippen LogP contribution is 2.53. The molecular formula is C60H60Cl2F5N9O7. The molecule has 2 fully saturated rings. The molecule has 23 heteroatoms. The predicted octanol–water partition coefficient (Wildman–Crippen LogP) is 9.80. The third-order valence-electron chi connectivity index (χ3n) is 14.6. The average molecular weight is 1190 g/mol. The number of carbonyl (C=O) groups is 4. The van der Waals surface area contributed by atoms with E-state index in [9.17, 15) is 42.4 Å². The number of rotatable bonds is 18. The Balaban J connectivity index is 0.861. The summed E-state index contributed by atoms with van der Waals surface area (Å²) >= 11 is 12.5. The number of aromatic amines is 1. The summed E-state index contributed by atoms with van der Waals surface area (Å²) < 4.78 is 85.2. The zero-order chi connectivity index (χ0) is 60.0. The van der Waals surface area contributed by atoms with E-state index in [-0.39, 0.29) is 76.6 Å². The second-order valence-electron chi connectivity index (χ2n) is 21.4. The highest BCUT2D eigenvalue weighted by atomic mass is 35.5. The van der Waals surface area contributed by atoms with Crippen molar-refractivity contribution >= 4 is 63.9 Å². The quantitative estimate of drug-likeness (QED) is 0.0352. The van der Waals surface area contributed by atoms with Crippen LogP contribution in [-0.2, 0) is 21.1 Å². The van der Waals surface area contributed by atoms with E-state index in [0.717, 1.165) is 25.4 Å². The number of nitrogens with zero attached hydrogens (tertiary/aromatic N) is 3. The van der Waals surface area contributed by atoms with Crippen molar-refractivity contribution in [1.29, 1.82) is 5.26 Å². The lowest BCUT2D eigenvalue weighted by atomic mass is 9.62. The molecule has 83 heavy (non-hydrogen) atoms. The fourth-order valence-electron chi connectivity index (χ4n) is 10.5. The zero-order valence-corrected chi connectivity index (χ0v) is 47.3. The number of nitriles is 1. The fraction of sp³-hybridized carbons (Fsp3) is 0.333. The van der Waals surface area contributed by atoms with Gasteiger partial charge in [-0.05, 0) is 96.2 Å². The number of benzene rings is 5. The van der Waals surface area contributed by atoms with Gasteiger partial charge >= 0.3 is 6.18 Å². The number of carbonyl (C=O) groups excluding carboxylic acids is 4. The topological polar surface area (TPSA) is 210 Å². The minimum absolute atomic E-state index is 0.0759. The minimum atomic E-state index is -4.96. The first-order valence-electron chi connectivity index (χ1n) is 26.4. The number of alkyl halides is 3. The van der Waals surface area contributed by atoms with E-state index in [1.165, 1.54) is 55.6 Å². The van der Waals surface area contributed by atoms with Gasteiger partial charge in [-0.1, -0.05) is 80.4 Å². The Morgan fingerprint density at radius 1 is 0.795 bits per heavy atom. The standard InChI is InChI=1S/C60H60Cl2F5N9O7/c1-58(2,3)31-49-59(33-68,41-16-15-38(61)29-44(41)63)51(39-7-6-8-43(62)52(39)64)53(74-49)57(81)72-45-17-13-37(28-48(45)82-5)55(79)70-20-26-83-25-19-69-54(78)35-11-9-34(10-12-35)36-14-18-47(76-23-21-75(4)22-24-76)46(27-36)73-56(80)40-32-71-50(77)30-42(40)60(65,66)67/h6-18,27-30,32,49,51,53,74H,19-26,31H2,1-5H3,(H,69,78)(H,70,79)(H,71,77)(H,72,81)(H,73,80). The maximum atomic E-state index is 16.2. The highest BCUT2D eigenvalue weighted by Gasteiger charge is 2.61. The summed E-state index contributed by atoms with van der Waals surface area (Å²) in [6.07, 6.45) is -3.95. The first-order valence-corrected chi connectivity index (χ1v) is 27.2. The number of ether oxygens (including phenoxy) is 2. The van der Waals surface area contributed by atoms with E-state index in [0.29, 0.717) is 41.5 Å². The summed E-state index contributed by atoms with van der Waals surface area (Å²) in [6.45, 7) is 8.80. The minimum Gasteiger partial charge on any atom is -0.495 e. The monoisotopic (exact) mass is 1180 g/mol. The van der Waals surface area contributed by atoms with Gasteiger partial charge in [-0.25, -0.2) is 8.78 Å². The van der Waals surface area contributed by atoms with Crippen molar-refractivity contribution in [2.75, 3.05) is 82.2 Å². The Bertz CT molecular complexity index is 3510. The number of likely N-dealkylation sites (N-methyl/N-ethyl adjacent to an activating group) is 1. The molecule has 0 spiro atoms. The van der Waals surface area contributed by atoms with E-state index < -0.39 is 87.0 Å². The number of hydrogen-bond donors (Lipinski definition) is 6. The summed E-state index contributed by atoms with van der Waals surface area (Å²) in [5, 5.41) is 25.3. The van der Waals surface area contributed by atoms with Gasteiger partial charge in [0.2, 0.25) is 11.5 Å². The Morgan fingerprint density at radius 2 is 1.46 bits per heavy atom. The van der Waals surface area contributed by atoms with Crippen molar-refractivity contribution < 1.29 is 50.6 Å². The molecule has 6 aromatic rings. The van der Waals surface area contributed by atoms with Crippen LogP contribution in [0.1, 0.15) is 80.9 Å². The summed E-state index contributed by atoms with van der Waals surface area (Å²) in [7, 11) is 3.31. The molecule has 0 saturated carbocycles. The molecule has 16 nitrogen and oxygen atoms in total. The molecule has 1 aromatic heterocycles. The van der Waals surface area contributed by atoms with Crippen LogP contribution < -0.4 is 41.8 Å². The first kappa shape index (κ1) is 61.2. The number of nitrogens with one attached hydrogen (secondary N) is 6. The van der Waals surface area contributed by atoms with Crippen LogP contribution in [0.15, 0.2) is 114 Å². The molecule has 6 N–H and O–H groups in total. The number of aromatic nitrogens is 1. The van der Waals surface area contributed by atoms with Crippen LogP contribution in [0.25, 0.3) is 11.1 Å². The smallest absolute Gasteiger partial charge is 0.417 e. The van der Waals surface area contributed by atoms with Gasteiger partial charge in [0.1, 0.15) is 22.8 Å². The fourth-order valence-corrected chi connectivity index (χ4v) is 10.9. The Labute approximate surface area is 485 Å². The molecule has 3 heterocycles. The van der Waals surface area contributed by atoms with Crippen molar-refractivity contribution in [1.82, 2.24) is 25.8 Å². The zero-order valence-electron chi connectivity index (χ0n) is 45.8. The summed E-state index contributed by atoms with van der Waals surface area (Å²) in [5.41, 5.74) is -2.83. The Hall–Kier alpha value is -7.87. The molecule has 0 bridgehead atoms. The number of H-pyrrole nitrogens is 1. The van der Waals surface area contributed by atoms with E-state index >= 15 is 8.78 Å². The summed E-state index contributed by atoms with van der Waals surface area (Å²) in [4.78, 5) is 72.5. The van der Waals surface area contributed by atoms with Gasteiger partial charge in [-0.2, -0.15) is 18.4 Å². The van der Waals surface area contributed by atoms with Crippen molar-refractivity contribution in [3.05, 3.63) is 175 Å². The maximum absolute atomic E-state index is 16.2. The van der Waals surface area contributed by atoms with Crippen molar-refractivity contribution in [2.24, 2.45) is 5.41 Å². The lowest BCUT2D eigenvalue weighted by Crippen LogP contribution is -2.45. The van der Waals surface area contributed by atoms with E-state index in [2.05, 4.69) is 42.5 Å². The molecule has 4 unspecified atom stereocenters. The number of amides is 4. The molecule has 4 atom stereocenters. The van der Waals surface area contributed by atoms with Crippen LogP contribution in [0.5, 0.6) is 5.75 Å². The second kappa shape index (κ2) is 25.7. The van der Waals surface area contributed by atoms with Crippen LogP contribution >= 0.6 is 23.2 Å². The molecule has 8 rings (SSSR count). The highest BCUT2D eigenvalue weighted by molar-refractivity contribution is 6.31. The van der Waals surface area contributed by atoms with Crippen LogP contribution in [0.4, 0.5) is 39.0 Å².